The summed E-state index contributed by atoms with van der Waals surface area (Å²) < 4.78 is 5.19. The summed E-state index contributed by atoms with van der Waals surface area (Å²) in [7, 11) is 1.53. The minimum Gasteiger partial charge on any atom is -0.497 e. The molecule has 144 valence electrons. The summed E-state index contributed by atoms with van der Waals surface area (Å²) in [5.74, 6) is -0.943. The molecule has 0 aliphatic carbocycles. The van der Waals surface area contributed by atoms with Crippen molar-refractivity contribution in [2.45, 2.75) is 25.9 Å². The van der Waals surface area contributed by atoms with Gasteiger partial charge in [-0.15, -0.1) is 0 Å². The Labute approximate surface area is 156 Å². The van der Waals surface area contributed by atoms with Crippen LogP contribution in [-0.4, -0.2) is 68.7 Å². The average molecular weight is 374 g/mol. The highest BCUT2D eigenvalue weighted by atomic mass is 16.5. The van der Waals surface area contributed by atoms with Crippen molar-refractivity contribution in [1.82, 2.24) is 20.3 Å². The molecule has 1 amide bonds. The highest BCUT2D eigenvalue weighted by Gasteiger charge is 2.50. The third kappa shape index (κ3) is 3.50. The Kier molecular flexibility index (Phi) is 5.13. The first-order valence-electron chi connectivity index (χ1n) is 8.58. The fraction of sp³-hybridized carbons (Fsp3) is 0.444. The number of aliphatic hydroxyl groups is 1. The molecule has 3 N–H and O–H groups in total. The topological polar surface area (TPSA) is 129 Å². The molecule has 1 aromatic heterocycles. The number of nitrogens with zero attached hydrogens (tertiary/aromatic N) is 3. The van der Waals surface area contributed by atoms with Gasteiger partial charge in [0.15, 0.2) is 5.69 Å². The van der Waals surface area contributed by atoms with Crippen molar-refractivity contribution in [3.63, 3.8) is 0 Å². The predicted molar refractivity (Wildman–Crippen MR) is 94.4 cm³/mol. The molecule has 2 aromatic rings. The number of methoxy groups -OCH3 is 1. The number of aryl methyl sites for hydroxylation is 1. The van der Waals surface area contributed by atoms with Crippen LogP contribution in [0.3, 0.4) is 0 Å². The number of aromatic nitrogens is 3. The minimum absolute atomic E-state index is 0.0717. The van der Waals surface area contributed by atoms with Gasteiger partial charge in [0.1, 0.15) is 11.2 Å². The number of piperidine rings is 1. The van der Waals surface area contributed by atoms with E-state index in [2.05, 4.69) is 15.4 Å². The molecule has 0 unspecified atom stereocenters. The predicted octanol–water partition coefficient (Wildman–Crippen LogP) is 0.642. The number of benzene rings is 1. The summed E-state index contributed by atoms with van der Waals surface area (Å²) >= 11 is 0. The molecule has 0 radical (unpaired) electrons. The van der Waals surface area contributed by atoms with Crippen molar-refractivity contribution in [1.29, 1.82) is 0 Å². The molecule has 1 aliphatic rings. The molecule has 0 saturated carbocycles. The van der Waals surface area contributed by atoms with Gasteiger partial charge in [-0.25, -0.2) is 0 Å². The number of carbonyl (C=O) groups excluding carboxylic acids is 1. The van der Waals surface area contributed by atoms with Crippen LogP contribution in [-0.2, 0) is 11.2 Å². The second kappa shape index (κ2) is 7.36. The van der Waals surface area contributed by atoms with Crippen molar-refractivity contribution in [2.75, 3.05) is 20.2 Å². The first-order valence-corrected chi connectivity index (χ1v) is 8.58. The SMILES string of the molecule is COc1cccc(C[C@@]2(C(=O)O)CN(C(=O)c3n[nH]nc3C)CC[C@H]2O)c1. The summed E-state index contributed by atoms with van der Waals surface area (Å²) in [6.45, 7) is 1.78. The summed E-state index contributed by atoms with van der Waals surface area (Å²) in [5, 5.41) is 30.6. The van der Waals surface area contributed by atoms with Crippen molar-refractivity contribution in [3.8, 4) is 5.75 Å². The Morgan fingerprint density at radius 1 is 1.41 bits per heavy atom. The Morgan fingerprint density at radius 3 is 2.81 bits per heavy atom. The Balaban J connectivity index is 1.91. The number of amides is 1. The normalized spacial score (nSPS) is 22.5. The number of aliphatic carboxylic acids is 1. The van der Waals surface area contributed by atoms with Crippen LogP contribution in [0.15, 0.2) is 24.3 Å². The van der Waals surface area contributed by atoms with E-state index in [1.165, 1.54) is 12.0 Å². The van der Waals surface area contributed by atoms with Crippen molar-refractivity contribution in [2.24, 2.45) is 5.41 Å². The zero-order chi connectivity index (χ0) is 19.6. The zero-order valence-corrected chi connectivity index (χ0v) is 15.2. The largest absolute Gasteiger partial charge is 0.497 e. The lowest BCUT2D eigenvalue weighted by Crippen LogP contribution is -2.58. The lowest BCUT2D eigenvalue weighted by atomic mass is 9.72. The molecule has 1 aliphatic heterocycles. The Morgan fingerprint density at radius 2 is 2.19 bits per heavy atom. The lowest BCUT2D eigenvalue weighted by molar-refractivity contribution is -0.161. The number of nitrogens with one attached hydrogen (secondary N) is 1. The van der Waals surface area contributed by atoms with Crippen LogP contribution in [0.25, 0.3) is 0 Å². The van der Waals surface area contributed by atoms with E-state index < -0.39 is 23.4 Å². The third-order valence-corrected chi connectivity index (χ3v) is 5.07. The second-order valence-corrected chi connectivity index (χ2v) is 6.78. The van der Waals surface area contributed by atoms with Gasteiger partial charge in [0.2, 0.25) is 0 Å². The lowest BCUT2D eigenvalue weighted by Gasteiger charge is -2.43. The highest BCUT2D eigenvalue weighted by molar-refractivity contribution is 5.93. The van der Waals surface area contributed by atoms with Gasteiger partial charge in [-0.1, -0.05) is 12.1 Å². The first kappa shape index (κ1) is 18.8. The van der Waals surface area contributed by atoms with Crippen LogP contribution in [0.4, 0.5) is 0 Å². The van der Waals surface area contributed by atoms with Crippen LogP contribution in [0, 0.1) is 12.3 Å². The molecule has 2 heterocycles. The molecule has 1 fully saturated rings. The number of aliphatic hydroxyl groups excluding tert-OH is 1. The van der Waals surface area contributed by atoms with Gasteiger partial charge < -0.3 is 19.8 Å². The maximum Gasteiger partial charge on any atom is 0.314 e. The van der Waals surface area contributed by atoms with Crippen LogP contribution >= 0.6 is 0 Å². The zero-order valence-electron chi connectivity index (χ0n) is 15.2. The fourth-order valence-electron chi connectivity index (χ4n) is 3.50. The quantitative estimate of drug-likeness (QED) is 0.700. The number of carboxylic acids is 1. The summed E-state index contributed by atoms with van der Waals surface area (Å²) in [5.41, 5.74) is -0.201. The maximum absolute atomic E-state index is 12.8. The van der Waals surface area contributed by atoms with E-state index in [0.29, 0.717) is 17.0 Å². The monoisotopic (exact) mass is 374 g/mol. The number of hydrogen-bond donors (Lipinski definition) is 3. The molecule has 2 atom stereocenters. The van der Waals surface area contributed by atoms with Crippen molar-refractivity contribution >= 4 is 11.9 Å². The number of carboxylic acid groups (broad SMARTS) is 1. The fourth-order valence-corrected chi connectivity index (χ4v) is 3.50. The average Bonchev–Trinajstić information content (AvgIpc) is 3.09. The summed E-state index contributed by atoms with van der Waals surface area (Å²) in [6.07, 6.45) is -0.843. The number of rotatable bonds is 5. The van der Waals surface area contributed by atoms with E-state index in [-0.39, 0.29) is 31.6 Å². The molecule has 0 spiro atoms. The van der Waals surface area contributed by atoms with Gasteiger partial charge in [0.25, 0.3) is 5.91 Å². The van der Waals surface area contributed by atoms with Crippen LogP contribution in [0.1, 0.15) is 28.2 Å². The van der Waals surface area contributed by atoms with Crippen molar-refractivity contribution in [3.05, 3.63) is 41.2 Å². The second-order valence-electron chi connectivity index (χ2n) is 6.78. The Bertz CT molecular complexity index is 852. The standard InChI is InChI=1S/C18H22N4O5/c1-11-15(20-21-19-11)16(24)22-7-6-14(23)18(10-22,17(25)26)9-12-4-3-5-13(8-12)27-2/h3-5,8,14,23H,6-7,9-10H2,1-2H3,(H,25,26)(H,19,20,21)/t14-,18-/m1/s1. The van der Waals surface area contributed by atoms with Gasteiger partial charge >= 0.3 is 5.97 Å². The van der Waals surface area contributed by atoms with Gasteiger partial charge in [-0.2, -0.15) is 15.4 Å². The van der Waals surface area contributed by atoms with Crippen molar-refractivity contribution < 1.29 is 24.5 Å². The van der Waals surface area contributed by atoms with Gasteiger partial charge in [0, 0.05) is 13.1 Å². The smallest absolute Gasteiger partial charge is 0.314 e. The molecule has 27 heavy (non-hydrogen) atoms. The highest BCUT2D eigenvalue weighted by Crippen LogP contribution is 2.36. The number of ether oxygens (including phenoxy) is 1. The van der Waals surface area contributed by atoms with Crippen LogP contribution in [0.5, 0.6) is 5.75 Å². The number of likely N-dealkylation sites (tertiary alicyclic amines) is 1. The number of carbonyl (C=O) groups is 2. The molecular formula is C18H22N4O5. The summed E-state index contributed by atoms with van der Waals surface area (Å²) in [4.78, 5) is 26.4. The summed E-state index contributed by atoms with van der Waals surface area (Å²) in [6, 6.07) is 7.04. The molecule has 1 saturated heterocycles. The van der Waals surface area contributed by atoms with Gasteiger partial charge in [-0.3, -0.25) is 9.59 Å². The van der Waals surface area contributed by atoms with E-state index in [1.54, 1.807) is 31.2 Å². The van der Waals surface area contributed by atoms with Gasteiger partial charge in [-0.05, 0) is 37.5 Å². The molecule has 9 heteroatoms. The van der Waals surface area contributed by atoms with E-state index in [1.807, 2.05) is 0 Å². The maximum atomic E-state index is 12.8. The minimum atomic E-state index is -1.52. The number of aromatic amines is 1. The molecular weight excluding hydrogens is 352 g/mol. The van der Waals surface area contributed by atoms with E-state index in [0.717, 1.165) is 0 Å². The number of H-pyrrole nitrogens is 1. The third-order valence-electron chi connectivity index (χ3n) is 5.07. The molecule has 1 aromatic carbocycles. The van der Waals surface area contributed by atoms with Crippen LogP contribution < -0.4 is 4.74 Å². The first-order chi connectivity index (χ1) is 12.9. The molecule has 0 bridgehead atoms. The van der Waals surface area contributed by atoms with Crippen LogP contribution in [0.2, 0.25) is 0 Å². The van der Waals surface area contributed by atoms with Gasteiger partial charge in [0.05, 0.1) is 18.9 Å². The Hall–Kier alpha value is -2.94. The molecule has 9 nitrogen and oxygen atoms in total. The number of hydrogen-bond acceptors (Lipinski definition) is 6. The van der Waals surface area contributed by atoms with E-state index in [4.69, 9.17) is 4.74 Å². The van der Waals surface area contributed by atoms with E-state index >= 15 is 0 Å². The van der Waals surface area contributed by atoms with E-state index in [9.17, 15) is 19.8 Å². The molecule has 3 rings (SSSR count).